The number of hydrogen-bond acceptors (Lipinski definition) is 6. The number of pyridine rings is 1. The van der Waals surface area contributed by atoms with E-state index in [1.54, 1.807) is 23.2 Å². The molecule has 3 aromatic rings. The van der Waals surface area contributed by atoms with Gasteiger partial charge in [0.15, 0.2) is 10.9 Å². The Morgan fingerprint density at radius 3 is 2.63 bits per heavy atom. The number of aryl methyl sites for hydroxylation is 1. The van der Waals surface area contributed by atoms with E-state index in [0.29, 0.717) is 29.9 Å². The minimum absolute atomic E-state index is 0.0386. The van der Waals surface area contributed by atoms with Gasteiger partial charge < -0.3 is 10.5 Å². The Morgan fingerprint density at radius 1 is 1.20 bits per heavy atom. The predicted octanol–water partition coefficient (Wildman–Crippen LogP) is 7.66. The molecule has 0 spiro atoms. The summed E-state index contributed by atoms with van der Waals surface area (Å²) in [5.41, 5.74) is 11.9. The highest BCUT2D eigenvalue weighted by Crippen LogP contribution is 2.51. The minimum Gasteiger partial charge on any atom is -0.487 e. The molecule has 0 amide bonds. The van der Waals surface area contributed by atoms with Crippen LogP contribution in [0.5, 0.6) is 5.75 Å². The molecular formula is C32H29Cl2FN4O2. The number of nitriles is 1. The number of nitrogens with zero attached hydrogens (tertiary/aromatic N) is 3. The van der Waals surface area contributed by atoms with Crippen LogP contribution < -0.4 is 15.4 Å². The average Bonchev–Trinajstić information content (AvgIpc) is 2.89. The van der Waals surface area contributed by atoms with Crippen LogP contribution in [-0.4, -0.2) is 10.8 Å². The van der Waals surface area contributed by atoms with E-state index in [-0.39, 0.29) is 39.4 Å². The van der Waals surface area contributed by atoms with Gasteiger partial charge in [-0.25, -0.2) is 9.37 Å². The molecule has 5 rings (SSSR count). The molecule has 1 aliphatic heterocycles. The normalized spacial score (nSPS) is 18.3. The van der Waals surface area contributed by atoms with Gasteiger partial charge in [0.2, 0.25) is 0 Å². The van der Waals surface area contributed by atoms with E-state index in [2.05, 4.69) is 11.1 Å². The first-order valence-corrected chi connectivity index (χ1v) is 13.9. The molecule has 2 N–H and O–H groups in total. The van der Waals surface area contributed by atoms with Gasteiger partial charge >= 0.3 is 0 Å². The van der Waals surface area contributed by atoms with Crippen molar-refractivity contribution in [1.82, 2.24) is 4.98 Å². The third-order valence-corrected chi connectivity index (χ3v) is 8.24. The fourth-order valence-corrected chi connectivity index (χ4v) is 6.23. The molecule has 1 unspecified atom stereocenters. The Balaban J connectivity index is 1.67. The van der Waals surface area contributed by atoms with E-state index in [9.17, 15) is 14.4 Å². The largest absolute Gasteiger partial charge is 0.487 e. The van der Waals surface area contributed by atoms with E-state index in [1.807, 2.05) is 39.8 Å². The smallest absolute Gasteiger partial charge is 0.162 e. The van der Waals surface area contributed by atoms with Crippen LogP contribution in [0.2, 0.25) is 10.2 Å². The Labute approximate surface area is 248 Å². The lowest BCUT2D eigenvalue weighted by Crippen LogP contribution is -2.42. The first-order valence-electron chi connectivity index (χ1n) is 13.2. The van der Waals surface area contributed by atoms with Crippen molar-refractivity contribution in [2.75, 3.05) is 4.90 Å². The number of ketones is 1. The molecule has 1 aliphatic carbocycles. The maximum atomic E-state index is 13.9. The second-order valence-electron chi connectivity index (χ2n) is 11.3. The molecule has 0 saturated heterocycles. The van der Waals surface area contributed by atoms with Crippen LogP contribution >= 0.6 is 23.2 Å². The summed E-state index contributed by atoms with van der Waals surface area (Å²) in [6.07, 6.45) is 2.46. The third-order valence-electron chi connectivity index (χ3n) is 7.65. The van der Waals surface area contributed by atoms with Crippen molar-refractivity contribution in [2.24, 2.45) is 11.1 Å². The van der Waals surface area contributed by atoms with Crippen molar-refractivity contribution >= 4 is 34.7 Å². The summed E-state index contributed by atoms with van der Waals surface area (Å²) >= 11 is 12.7. The molecule has 2 heterocycles. The van der Waals surface area contributed by atoms with Crippen LogP contribution in [-0.2, 0) is 11.4 Å². The molecule has 1 atom stereocenters. The molecule has 0 fully saturated rings. The van der Waals surface area contributed by atoms with E-state index >= 15 is 0 Å². The van der Waals surface area contributed by atoms with Gasteiger partial charge in [0, 0.05) is 23.9 Å². The van der Waals surface area contributed by atoms with Gasteiger partial charge in [-0.3, -0.25) is 9.69 Å². The number of benzene rings is 2. The second kappa shape index (κ2) is 10.8. The molecular weight excluding hydrogens is 562 g/mol. The number of halogens is 3. The summed E-state index contributed by atoms with van der Waals surface area (Å²) < 4.78 is 19.5. The van der Waals surface area contributed by atoms with Gasteiger partial charge in [0.25, 0.3) is 0 Å². The molecule has 0 bridgehead atoms. The quantitative estimate of drug-likeness (QED) is 0.306. The number of anilines is 1. The van der Waals surface area contributed by atoms with Gasteiger partial charge in [-0.2, -0.15) is 5.26 Å². The summed E-state index contributed by atoms with van der Waals surface area (Å²) in [4.78, 5) is 19.9. The summed E-state index contributed by atoms with van der Waals surface area (Å²) in [6.45, 7) is 8.12. The number of allylic oxidation sites excluding steroid dienone is 3. The van der Waals surface area contributed by atoms with Gasteiger partial charge in [-0.1, -0.05) is 54.7 Å². The highest BCUT2D eigenvalue weighted by atomic mass is 35.5. The van der Waals surface area contributed by atoms with Gasteiger partial charge in [0.05, 0.1) is 28.3 Å². The fraction of sp³-hybridized carbons (Fsp3) is 0.281. The zero-order valence-corrected chi connectivity index (χ0v) is 24.7. The van der Waals surface area contributed by atoms with Crippen molar-refractivity contribution in [2.45, 2.75) is 53.1 Å². The number of carbonyl (C=O) groups excluding carboxylic acids is 1. The highest BCUT2D eigenvalue weighted by Gasteiger charge is 2.45. The standard InChI is InChI=1S/C32H29Cl2FN4O2/c1-17-10-19(16-41-27-8-7-20(35)12-23(27)33)18(2)21(11-17)28-22(15-36)31(37)39(24-6-5-9-38-30(24)34)25-13-32(3,4)14-26(40)29(25)28/h5-12,28H,13-14,16,37H2,1-4H3. The zero-order valence-electron chi connectivity index (χ0n) is 23.2. The topological polar surface area (TPSA) is 92.2 Å². The lowest BCUT2D eigenvalue weighted by Gasteiger charge is -2.44. The van der Waals surface area contributed by atoms with Gasteiger partial charge in [0.1, 0.15) is 24.0 Å². The number of Topliss-reactive ketones (excluding diaryl/α,β-unsaturated/α-hetero) is 1. The van der Waals surface area contributed by atoms with Crippen LogP contribution in [0.1, 0.15) is 54.9 Å². The van der Waals surface area contributed by atoms with Crippen LogP contribution in [0.4, 0.5) is 10.1 Å². The van der Waals surface area contributed by atoms with Crippen molar-refractivity contribution in [3.63, 3.8) is 0 Å². The third kappa shape index (κ3) is 5.30. The number of nitrogens with two attached hydrogens (primary N) is 1. The molecule has 0 radical (unpaired) electrons. The van der Waals surface area contributed by atoms with Crippen molar-refractivity contribution < 1.29 is 13.9 Å². The summed E-state index contributed by atoms with van der Waals surface area (Å²) in [7, 11) is 0. The number of aromatic nitrogens is 1. The Kier molecular flexibility index (Phi) is 7.58. The second-order valence-corrected chi connectivity index (χ2v) is 12.1. The summed E-state index contributed by atoms with van der Waals surface area (Å²) in [5.74, 6) is -0.586. The molecule has 2 aromatic carbocycles. The SMILES string of the molecule is Cc1cc(COc2ccc(F)cc2Cl)c(C)c(C2C(C#N)=C(N)N(c3cccnc3Cl)C3=C2C(=O)CC(C)(C)C3)c1. The van der Waals surface area contributed by atoms with E-state index in [0.717, 1.165) is 28.0 Å². The van der Waals surface area contributed by atoms with Crippen LogP contribution in [0.25, 0.3) is 0 Å². The maximum Gasteiger partial charge on any atom is 0.162 e. The van der Waals surface area contributed by atoms with E-state index < -0.39 is 11.7 Å². The molecule has 0 saturated carbocycles. The van der Waals surface area contributed by atoms with Gasteiger partial charge in [-0.15, -0.1) is 0 Å². The summed E-state index contributed by atoms with van der Waals surface area (Å²) in [6, 6.07) is 13.8. The summed E-state index contributed by atoms with van der Waals surface area (Å²) in [5, 5.41) is 10.9. The van der Waals surface area contributed by atoms with Crippen molar-refractivity contribution in [1.29, 1.82) is 5.26 Å². The molecule has 6 nitrogen and oxygen atoms in total. The zero-order chi connectivity index (χ0) is 29.6. The van der Waals surface area contributed by atoms with Crippen molar-refractivity contribution in [3.8, 4) is 11.8 Å². The predicted molar refractivity (Wildman–Crippen MR) is 158 cm³/mol. The monoisotopic (exact) mass is 590 g/mol. The van der Waals surface area contributed by atoms with Crippen LogP contribution in [0, 0.1) is 36.4 Å². The Bertz CT molecular complexity index is 1690. The molecule has 41 heavy (non-hydrogen) atoms. The molecule has 210 valence electrons. The number of carbonyl (C=O) groups is 1. The van der Waals surface area contributed by atoms with Crippen LogP contribution in [0.15, 0.2) is 71.3 Å². The van der Waals surface area contributed by atoms with E-state index in [1.165, 1.54) is 18.2 Å². The minimum atomic E-state index is -0.668. The first kappa shape index (κ1) is 28.7. The molecule has 9 heteroatoms. The molecule has 2 aliphatic rings. The Morgan fingerprint density at radius 2 is 1.95 bits per heavy atom. The lowest BCUT2D eigenvalue weighted by molar-refractivity contribution is -0.118. The highest BCUT2D eigenvalue weighted by molar-refractivity contribution is 6.32. The fourth-order valence-electron chi connectivity index (χ4n) is 5.80. The first-order chi connectivity index (χ1) is 19.4. The number of ether oxygens (including phenoxy) is 1. The lowest BCUT2D eigenvalue weighted by atomic mass is 9.68. The number of rotatable bonds is 5. The number of hydrogen-bond donors (Lipinski definition) is 1. The van der Waals surface area contributed by atoms with Crippen LogP contribution in [0.3, 0.4) is 0 Å². The molecule has 1 aromatic heterocycles. The Hall–Kier alpha value is -3.86. The maximum absolute atomic E-state index is 13.9. The average molecular weight is 592 g/mol. The van der Waals surface area contributed by atoms with Gasteiger partial charge in [-0.05, 0) is 72.7 Å². The van der Waals surface area contributed by atoms with E-state index in [4.69, 9.17) is 33.7 Å². The van der Waals surface area contributed by atoms with Crippen molar-refractivity contribution in [3.05, 3.63) is 110 Å².